The van der Waals surface area contributed by atoms with Crippen LogP contribution in [0.3, 0.4) is 0 Å². The van der Waals surface area contributed by atoms with Crippen LogP contribution >= 0.6 is 0 Å². The Kier molecular flexibility index (Phi) is 6.55. The number of aromatic amines is 2. The van der Waals surface area contributed by atoms with Gasteiger partial charge < -0.3 is 4.98 Å². The first-order chi connectivity index (χ1) is 19.3. The summed E-state index contributed by atoms with van der Waals surface area (Å²) >= 11 is 0. The van der Waals surface area contributed by atoms with E-state index in [4.69, 9.17) is 9.97 Å². The van der Waals surface area contributed by atoms with Crippen molar-refractivity contribution in [2.45, 2.75) is 25.8 Å². The molecule has 0 atom stereocenters. The first kappa shape index (κ1) is 25.7. The van der Waals surface area contributed by atoms with Crippen LogP contribution in [-0.4, -0.2) is 54.0 Å². The van der Waals surface area contributed by atoms with Gasteiger partial charge in [-0.3, -0.25) is 15.0 Å². The molecule has 0 aliphatic carbocycles. The lowest BCUT2D eigenvalue weighted by Crippen LogP contribution is -2.24. The molecule has 1 aliphatic rings. The highest BCUT2D eigenvalue weighted by molar-refractivity contribution is 5.90. The summed E-state index contributed by atoms with van der Waals surface area (Å²) < 4.78 is 41.3. The summed E-state index contributed by atoms with van der Waals surface area (Å²) in [6.45, 7) is 6.21. The van der Waals surface area contributed by atoms with Crippen LogP contribution in [-0.2, 0) is 6.54 Å². The molecule has 0 unspecified atom stereocenters. The molecule has 6 rings (SSSR count). The second-order valence-corrected chi connectivity index (χ2v) is 9.95. The lowest BCUT2D eigenvalue weighted by atomic mass is 10.0. The fraction of sp³-hybridized carbons (Fsp3) is 0.200. The van der Waals surface area contributed by atoms with Crippen LogP contribution in [0.1, 0.15) is 28.9 Å². The molecule has 5 heterocycles. The number of halogens is 3. The second-order valence-electron chi connectivity index (χ2n) is 9.95. The van der Waals surface area contributed by atoms with Crippen LogP contribution in [0.5, 0.6) is 0 Å². The Balaban J connectivity index is 1.34. The number of nitrogens with zero attached hydrogens (tertiary/aromatic N) is 5. The summed E-state index contributed by atoms with van der Waals surface area (Å²) in [6.07, 6.45) is 6.72. The van der Waals surface area contributed by atoms with Gasteiger partial charge in [-0.25, -0.2) is 23.1 Å². The zero-order valence-corrected chi connectivity index (χ0v) is 21.8. The fourth-order valence-electron chi connectivity index (χ4n) is 5.06. The van der Waals surface area contributed by atoms with Crippen molar-refractivity contribution in [1.29, 1.82) is 0 Å². The highest BCUT2D eigenvalue weighted by Crippen LogP contribution is 2.32. The van der Waals surface area contributed by atoms with Gasteiger partial charge in [0, 0.05) is 48.7 Å². The van der Waals surface area contributed by atoms with Crippen molar-refractivity contribution in [2.75, 3.05) is 13.1 Å². The number of hydrogen-bond acceptors (Lipinski definition) is 5. The third-order valence-corrected chi connectivity index (χ3v) is 6.94. The van der Waals surface area contributed by atoms with E-state index < -0.39 is 5.92 Å². The Morgan fingerprint density at radius 1 is 1.15 bits per heavy atom. The molecule has 10 heteroatoms. The average molecular weight is 542 g/mol. The minimum Gasteiger partial charge on any atom is -0.340 e. The topological polar surface area (TPSA) is 86.4 Å². The average Bonchev–Trinajstić information content (AvgIpc) is 3.63. The monoisotopic (exact) mass is 541 g/mol. The number of likely N-dealkylation sites (tertiary alicyclic amines) is 1. The van der Waals surface area contributed by atoms with Gasteiger partial charge in [0.15, 0.2) is 11.5 Å². The molecule has 0 spiro atoms. The van der Waals surface area contributed by atoms with E-state index in [1.807, 2.05) is 31.2 Å². The van der Waals surface area contributed by atoms with Crippen molar-refractivity contribution >= 4 is 16.6 Å². The minimum atomic E-state index is -2.64. The van der Waals surface area contributed by atoms with Crippen molar-refractivity contribution in [3.05, 3.63) is 102 Å². The second kappa shape index (κ2) is 10.2. The Morgan fingerprint density at radius 3 is 2.80 bits per heavy atom. The number of aromatic nitrogens is 6. The van der Waals surface area contributed by atoms with Gasteiger partial charge in [0.05, 0.1) is 23.4 Å². The van der Waals surface area contributed by atoms with Gasteiger partial charge in [-0.15, -0.1) is 0 Å². The van der Waals surface area contributed by atoms with E-state index in [2.05, 4.69) is 26.7 Å². The van der Waals surface area contributed by atoms with Gasteiger partial charge in [0.25, 0.3) is 5.92 Å². The molecule has 1 aromatic carbocycles. The Bertz CT molecular complexity index is 1750. The maximum absolute atomic E-state index is 14.0. The summed E-state index contributed by atoms with van der Waals surface area (Å²) in [7, 11) is 0. The lowest BCUT2D eigenvalue weighted by molar-refractivity contribution is 0.0115. The lowest BCUT2D eigenvalue weighted by Gasteiger charge is -2.15. The predicted molar refractivity (Wildman–Crippen MR) is 148 cm³/mol. The largest absolute Gasteiger partial charge is 0.340 e. The number of imidazole rings is 1. The van der Waals surface area contributed by atoms with Gasteiger partial charge >= 0.3 is 0 Å². The highest BCUT2D eigenvalue weighted by Gasteiger charge is 2.37. The van der Waals surface area contributed by atoms with Crippen LogP contribution < -0.4 is 0 Å². The third-order valence-electron chi connectivity index (χ3n) is 6.94. The Labute approximate surface area is 228 Å². The van der Waals surface area contributed by atoms with Gasteiger partial charge in [0.1, 0.15) is 11.3 Å². The van der Waals surface area contributed by atoms with E-state index in [1.165, 1.54) is 12.1 Å². The van der Waals surface area contributed by atoms with Crippen LogP contribution in [0.4, 0.5) is 13.2 Å². The van der Waals surface area contributed by atoms with Crippen LogP contribution in [0.25, 0.3) is 39.4 Å². The summed E-state index contributed by atoms with van der Waals surface area (Å²) in [5.41, 5.74) is 7.00. The van der Waals surface area contributed by atoms with Crippen molar-refractivity contribution < 1.29 is 13.2 Å². The van der Waals surface area contributed by atoms with Crippen LogP contribution in [0.2, 0.25) is 0 Å². The molecule has 0 saturated carbocycles. The highest BCUT2D eigenvalue weighted by atomic mass is 19.3. The fourth-order valence-corrected chi connectivity index (χ4v) is 5.06. The van der Waals surface area contributed by atoms with Crippen LogP contribution in [0, 0.1) is 12.7 Å². The first-order valence-electron chi connectivity index (χ1n) is 12.9. The third kappa shape index (κ3) is 5.05. The molecule has 1 saturated heterocycles. The predicted octanol–water partition coefficient (Wildman–Crippen LogP) is 6.32. The molecule has 1 fully saturated rings. The number of H-pyrrole nitrogens is 2. The minimum absolute atomic E-state index is 0.122. The number of pyridine rings is 2. The molecule has 0 bridgehead atoms. The molecule has 202 valence electrons. The molecule has 7 nitrogen and oxygen atoms in total. The molecule has 40 heavy (non-hydrogen) atoms. The van der Waals surface area contributed by atoms with Gasteiger partial charge in [-0.05, 0) is 48.4 Å². The smallest absolute Gasteiger partial charge is 0.261 e. The van der Waals surface area contributed by atoms with E-state index in [-0.39, 0.29) is 18.8 Å². The number of nitrogens with one attached hydrogen (secondary N) is 2. The maximum atomic E-state index is 14.0. The Morgan fingerprint density at radius 2 is 2.02 bits per heavy atom. The molecule has 2 N–H and O–H groups in total. The summed E-state index contributed by atoms with van der Waals surface area (Å²) in [5.74, 6) is -2.47. The maximum Gasteiger partial charge on any atom is 0.261 e. The van der Waals surface area contributed by atoms with Crippen molar-refractivity contribution in [3.63, 3.8) is 0 Å². The SMILES string of the molecule is C=C/C=C(/c1cccc(F)c1)c1nc(-c2n[nH]c3ccc(-c4cncc(CN5CCC(F)(F)C5)c4)nc23)[nH]c1C. The molecule has 4 aromatic heterocycles. The summed E-state index contributed by atoms with van der Waals surface area (Å²) in [5, 5.41) is 7.48. The molecular formula is C30H26F3N7. The number of aryl methyl sites for hydroxylation is 1. The Hall–Kier alpha value is -4.57. The number of allylic oxidation sites excluding steroid dienone is 2. The number of benzene rings is 1. The number of alkyl halides is 2. The summed E-state index contributed by atoms with van der Waals surface area (Å²) in [4.78, 5) is 19.0. The normalized spacial score (nSPS) is 15.7. The standard InChI is InChI=1S/C30H26F3N7/c1-3-5-23(20-6-4-7-22(31)13-20)26-18(2)35-29(37-26)28-27-25(38-39-28)9-8-24(36-27)21-12-19(14-34-15-21)16-40-11-10-30(32,33)17-40/h3-9,12-15H,1,10-11,16-17H2,2H3,(H,35,37)(H,38,39)/b23-5-. The quantitative estimate of drug-likeness (QED) is 0.236. The van der Waals surface area contributed by atoms with Crippen molar-refractivity contribution in [1.82, 2.24) is 35.0 Å². The number of rotatable bonds is 7. The van der Waals surface area contributed by atoms with Crippen LogP contribution in [0.15, 0.2) is 73.6 Å². The van der Waals surface area contributed by atoms with E-state index in [1.54, 1.807) is 35.5 Å². The molecule has 0 radical (unpaired) electrons. The van der Waals surface area contributed by atoms with Crippen molar-refractivity contribution in [2.24, 2.45) is 0 Å². The van der Waals surface area contributed by atoms with Gasteiger partial charge in [0.2, 0.25) is 0 Å². The zero-order valence-electron chi connectivity index (χ0n) is 21.8. The molecular weight excluding hydrogens is 515 g/mol. The van der Waals surface area contributed by atoms with Gasteiger partial charge in [-0.2, -0.15) is 5.10 Å². The van der Waals surface area contributed by atoms with Gasteiger partial charge in [-0.1, -0.05) is 30.9 Å². The number of fused-ring (bicyclic) bond motifs is 1. The molecule has 1 aliphatic heterocycles. The first-order valence-corrected chi connectivity index (χ1v) is 12.9. The zero-order chi connectivity index (χ0) is 27.9. The number of hydrogen-bond donors (Lipinski definition) is 2. The molecule has 0 amide bonds. The van der Waals surface area contributed by atoms with E-state index in [9.17, 15) is 13.2 Å². The molecule has 5 aromatic rings. The summed E-state index contributed by atoms with van der Waals surface area (Å²) in [6, 6.07) is 12.0. The van der Waals surface area contributed by atoms with E-state index in [0.29, 0.717) is 47.1 Å². The van der Waals surface area contributed by atoms with Crippen molar-refractivity contribution in [3.8, 4) is 22.8 Å². The van der Waals surface area contributed by atoms with E-state index in [0.717, 1.165) is 27.9 Å². The van der Waals surface area contributed by atoms with E-state index >= 15 is 0 Å².